The summed E-state index contributed by atoms with van der Waals surface area (Å²) in [7, 11) is 0. The molecular formula is C10H8N2. The minimum atomic E-state index is 0.889. The lowest BCUT2D eigenvalue weighted by Crippen LogP contribution is -1.84. The first-order valence-electron chi connectivity index (χ1n) is 3.74. The van der Waals surface area contributed by atoms with Crippen LogP contribution in [-0.4, -0.2) is 9.97 Å². The summed E-state index contributed by atoms with van der Waals surface area (Å²) in [6.07, 6.45) is 5.26. The van der Waals surface area contributed by atoms with Gasteiger partial charge < -0.3 is 0 Å². The molecule has 12 heavy (non-hydrogen) atoms. The van der Waals surface area contributed by atoms with Crippen LogP contribution in [0.1, 0.15) is 5.69 Å². The highest BCUT2D eigenvalue weighted by Crippen LogP contribution is 2.13. The minimum Gasteiger partial charge on any atom is -0.256 e. The highest BCUT2D eigenvalue weighted by Gasteiger charge is 1.96. The van der Waals surface area contributed by atoms with E-state index in [1.165, 1.54) is 0 Å². The van der Waals surface area contributed by atoms with Crippen LogP contribution in [0.5, 0.6) is 0 Å². The maximum absolute atomic E-state index is 4.20. The van der Waals surface area contributed by atoms with Gasteiger partial charge in [0.2, 0.25) is 0 Å². The van der Waals surface area contributed by atoms with E-state index in [1.807, 2.05) is 18.2 Å². The third-order valence-electron chi connectivity index (χ3n) is 1.75. The fraction of sp³-hybridized carbons (Fsp3) is 0. The third-order valence-corrected chi connectivity index (χ3v) is 1.75. The fourth-order valence-corrected chi connectivity index (χ4v) is 1.19. The van der Waals surface area contributed by atoms with Crippen LogP contribution < -0.4 is 0 Å². The van der Waals surface area contributed by atoms with Gasteiger partial charge in [0.15, 0.2) is 0 Å². The summed E-state index contributed by atoms with van der Waals surface area (Å²) in [5, 5.41) is 1.05. The van der Waals surface area contributed by atoms with E-state index in [-0.39, 0.29) is 0 Å². The molecule has 0 bridgehead atoms. The molecule has 0 unspecified atom stereocenters. The van der Waals surface area contributed by atoms with E-state index in [1.54, 1.807) is 18.5 Å². The van der Waals surface area contributed by atoms with Gasteiger partial charge in [-0.05, 0) is 24.3 Å². The van der Waals surface area contributed by atoms with Crippen LogP contribution in [0.15, 0.2) is 37.2 Å². The van der Waals surface area contributed by atoms with Crippen molar-refractivity contribution >= 4 is 17.0 Å². The summed E-state index contributed by atoms with van der Waals surface area (Å²) < 4.78 is 0. The van der Waals surface area contributed by atoms with Crippen molar-refractivity contribution in [3.05, 3.63) is 42.9 Å². The van der Waals surface area contributed by atoms with Gasteiger partial charge in [0.05, 0.1) is 11.2 Å². The van der Waals surface area contributed by atoms with Crippen molar-refractivity contribution < 1.29 is 0 Å². The molecule has 2 rings (SSSR count). The zero-order valence-corrected chi connectivity index (χ0v) is 6.57. The Labute approximate surface area is 70.6 Å². The van der Waals surface area contributed by atoms with Crippen molar-refractivity contribution in [1.29, 1.82) is 0 Å². The molecule has 0 amide bonds. The normalized spacial score (nSPS) is 10.0. The molecule has 58 valence electrons. The van der Waals surface area contributed by atoms with Gasteiger partial charge in [-0.15, -0.1) is 0 Å². The molecular weight excluding hydrogens is 148 g/mol. The average Bonchev–Trinajstić information content (AvgIpc) is 2.17. The molecule has 2 heterocycles. The molecule has 0 aliphatic carbocycles. The van der Waals surface area contributed by atoms with Gasteiger partial charge >= 0.3 is 0 Å². The lowest BCUT2D eigenvalue weighted by Gasteiger charge is -1.97. The van der Waals surface area contributed by atoms with Crippen LogP contribution in [-0.2, 0) is 0 Å². The molecule has 2 aromatic heterocycles. The lowest BCUT2D eigenvalue weighted by atomic mass is 10.2. The highest BCUT2D eigenvalue weighted by atomic mass is 14.7. The molecule has 0 aliphatic heterocycles. The molecule has 0 aliphatic rings. The van der Waals surface area contributed by atoms with Gasteiger partial charge in [-0.3, -0.25) is 9.97 Å². The van der Waals surface area contributed by atoms with Crippen LogP contribution >= 0.6 is 0 Å². The predicted octanol–water partition coefficient (Wildman–Crippen LogP) is 2.27. The Balaban J connectivity index is 2.88. The Morgan fingerprint density at radius 2 is 2.08 bits per heavy atom. The first kappa shape index (κ1) is 6.98. The summed E-state index contributed by atoms with van der Waals surface area (Å²) in [6, 6.07) is 5.78. The van der Waals surface area contributed by atoms with Crippen molar-refractivity contribution in [2.75, 3.05) is 0 Å². The van der Waals surface area contributed by atoms with Gasteiger partial charge in [0, 0.05) is 17.8 Å². The third kappa shape index (κ3) is 0.975. The monoisotopic (exact) mass is 156 g/mol. The SMILES string of the molecule is C=Cc1nccc2ncccc12. The highest BCUT2D eigenvalue weighted by molar-refractivity contribution is 5.85. The summed E-state index contributed by atoms with van der Waals surface area (Å²) >= 11 is 0. The van der Waals surface area contributed by atoms with Gasteiger partial charge in [-0.25, -0.2) is 0 Å². The van der Waals surface area contributed by atoms with E-state index >= 15 is 0 Å². The molecule has 0 spiro atoms. The van der Waals surface area contributed by atoms with Crippen LogP contribution in [0.4, 0.5) is 0 Å². The quantitative estimate of drug-likeness (QED) is 0.633. The molecule has 0 fully saturated rings. The maximum atomic E-state index is 4.20. The maximum Gasteiger partial charge on any atom is 0.0738 e. The summed E-state index contributed by atoms with van der Waals surface area (Å²) in [4.78, 5) is 8.37. The number of hydrogen-bond donors (Lipinski definition) is 0. The lowest BCUT2D eigenvalue weighted by molar-refractivity contribution is 1.30. The summed E-state index contributed by atoms with van der Waals surface area (Å²) in [5.41, 5.74) is 1.85. The molecule has 0 radical (unpaired) electrons. The fourth-order valence-electron chi connectivity index (χ4n) is 1.19. The van der Waals surface area contributed by atoms with Gasteiger partial charge in [0.1, 0.15) is 0 Å². The Bertz CT molecular complexity index is 416. The first-order chi connectivity index (χ1) is 5.92. The zero-order chi connectivity index (χ0) is 8.39. The molecule has 0 saturated carbocycles. The van der Waals surface area contributed by atoms with E-state index in [4.69, 9.17) is 0 Å². The second-order valence-corrected chi connectivity index (χ2v) is 2.47. The van der Waals surface area contributed by atoms with Crippen LogP contribution in [0.25, 0.3) is 17.0 Å². The number of pyridine rings is 2. The van der Waals surface area contributed by atoms with E-state index in [2.05, 4.69) is 16.5 Å². The first-order valence-corrected chi connectivity index (χ1v) is 3.74. The number of aromatic nitrogens is 2. The van der Waals surface area contributed by atoms with Crippen molar-refractivity contribution in [1.82, 2.24) is 9.97 Å². The molecule has 2 heteroatoms. The zero-order valence-electron chi connectivity index (χ0n) is 6.57. The molecule has 2 nitrogen and oxygen atoms in total. The van der Waals surface area contributed by atoms with Crippen LogP contribution in [0, 0.1) is 0 Å². The number of fused-ring (bicyclic) bond motifs is 1. The number of hydrogen-bond acceptors (Lipinski definition) is 2. The van der Waals surface area contributed by atoms with Gasteiger partial charge in [-0.1, -0.05) is 6.58 Å². The number of rotatable bonds is 1. The van der Waals surface area contributed by atoms with Crippen LogP contribution in [0.2, 0.25) is 0 Å². The molecule has 2 aromatic rings. The largest absolute Gasteiger partial charge is 0.256 e. The second-order valence-electron chi connectivity index (χ2n) is 2.47. The Morgan fingerprint density at radius 1 is 1.17 bits per heavy atom. The van der Waals surface area contributed by atoms with E-state index in [0.29, 0.717) is 0 Å². The van der Waals surface area contributed by atoms with Crippen LogP contribution in [0.3, 0.4) is 0 Å². The van der Waals surface area contributed by atoms with Gasteiger partial charge in [-0.2, -0.15) is 0 Å². The predicted molar refractivity (Wildman–Crippen MR) is 49.6 cm³/mol. The molecule has 0 N–H and O–H groups in total. The minimum absolute atomic E-state index is 0.889. The van der Waals surface area contributed by atoms with Crippen molar-refractivity contribution in [3.8, 4) is 0 Å². The standard InChI is InChI=1S/C10H8N2/c1-2-9-8-4-3-6-11-10(8)5-7-12-9/h2-7H,1H2. The van der Waals surface area contributed by atoms with Crippen molar-refractivity contribution in [2.24, 2.45) is 0 Å². The van der Waals surface area contributed by atoms with E-state index in [9.17, 15) is 0 Å². The van der Waals surface area contributed by atoms with Crippen molar-refractivity contribution in [3.63, 3.8) is 0 Å². The van der Waals surface area contributed by atoms with Crippen molar-refractivity contribution in [2.45, 2.75) is 0 Å². The smallest absolute Gasteiger partial charge is 0.0738 e. The Kier molecular flexibility index (Phi) is 1.59. The Morgan fingerprint density at radius 3 is 2.92 bits per heavy atom. The van der Waals surface area contributed by atoms with E-state index in [0.717, 1.165) is 16.6 Å². The van der Waals surface area contributed by atoms with E-state index < -0.39 is 0 Å². The second kappa shape index (κ2) is 2.74. The average molecular weight is 156 g/mol. The summed E-state index contributed by atoms with van der Waals surface area (Å²) in [6.45, 7) is 3.69. The Hall–Kier alpha value is -1.70. The topological polar surface area (TPSA) is 25.8 Å². The number of nitrogens with zero attached hydrogens (tertiary/aromatic N) is 2. The molecule has 0 saturated heterocycles. The van der Waals surface area contributed by atoms with Gasteiger partial charge in [0.25, 0.3) is 0 Å². The summed E-state index contributed by atoms with van der Waals surface area (Å²) in [5.74, 6) is 0. The molecule has 0 atom stereocenters. The molecule has 0 aromatic carbocycles.